The van der Waals surface area contributed by atoms with E-state index in [-0.39, 0.29) is 24.2 Å². The fraction of sp³-hybridized carbons (Fsp3) is 0.125. The molecule has 0 fully saturated rings. The van der Waals surface area contributed by atoms with E-state index in [2.05, 4.69) is 0 Å². The standard InChI is InChI=1S/C24H19FN2O4/c25-21-9-4-5-10-22(21)27(16-6-15-26)23(28)17-30-24(29)18-11-13-20(14-12-18)31-19-7-2-1-3-8-19/h1-5,7-14H,6,16-17H2. The highest BCUT2D eigenvalue weighted by Crippen LogP contribution is 2.22. The second kappa shape index (κ2) is 10.6. The van der Waals surface area contributed by atoms with Crippen LogP contribution in [0.5, 0.6) is 11.5 Å². The summed E-state index contributed by atoms with van der Waals surface area (Å²) in [6, 6.07) is 23.1. The summed E-state index contributed by atoms with van der Waals surface area (Å²) in [6.45, 7) is -0.597. The summed E-state index contributed by atoms with van der Waals surface area (Å²) in [7, 11) is 0. The molecule has 7 heteroatoms. The highest BCUT2D eigenvalue weighted by atomic mass is 19.1. The molecular formula is C24H19FN2O4. The van der Waals surface area contributed by atoms with Crippen LogP contribution in [0.2, 0.25) is 0 Å². The number of nitrogens with zero attached hydrogens (tertiary/aromatic N) is 2. The lowest BCUT2D eigenvalue weighted by Crippen LogP contribution is -2.36. The van der Waals surface area contributed by atoms with E-state index in [4.69, 9.17) is 14.7 Å². The number of benzene rings is 3. The maximum atomic E-state index is 14.1. The van der Waals surface area contributed by atoms with Crippen molar-refractivity contribution >= 4 is 17.6 Å². The van der Waals surface area contributed by atoms with E-state index < -0.39 is 24.3 Å². The Bertz CT molecular complexity index is 1080. The Hall–Kier alpha value is -4.18. The minimum atomic E-state index is -0.701. The third kappa shape index (κ3) is 5.90. The molecule has 1 amide bonds. The molecule has 0 saturated heterocycles. The molecule has 3 aromatic rings. The molecule has 0 heterocycles. The van der Waals surface area contributed by atoms with Crippen LogP contribution >= 0.6 is 0 Å². The molecule has 0 spiro atoms. The molecular weight excluding hydrogens is 399 g/mol. The van der Waals surface area contributed by atoms with E-state index in [0.717, 1.165) is 4.90 Å². The normalized spacial score (nSPS) is 10.1. The average Bonchev–Trinajstić information content (AvgIpc) is 2.80. The highest BCUT2D eigenvalue weighted by molar-refractivity contribution is 5.97. The SMILES string of the molecule is N#CCCN(C(=O)COC(=O)c1ccc(Oc2ccccc2)cc1)c1ccccc1F. The summed E-state index contributed by atoms with van der Waals surface area (Å²) in [5.41, 5.74) is 0.267. The number of ether oxygens (including phenoxy) is 2. The first-order chi connectivity index (χ1) is 15.1. The Labute approximate surface area is 179 Å². The van der Waals surface area contributed by atoms with Gasteiger partial charge in [-0.2, -0.15) is 5.26 Å². The van der Waals surface area contributed by atoms with Crippen LogP contribution in [0.15, 0.2) is 78.9 Å². The molecule has 0 aliphatic rings. The predicted molar refractivity (Wildman–Crippen MR) is 112 cm³/mol. The number of hydrogen-bond acceptors (Lipinski definition) is 5. The lowest BCUT2D eigenvalue weighted by Gasteiger charge is -2.22. The molecule has 0 unspecified atom stereocenters. The van der Waals surface area contributed by atoms with E-state index in [9.17, 15) is 14.0 Å². The molecule has 0 aliphatic carbocycles. The van der Waals surface area contributed by atoms with Crippen molar-refractivity contribution < 1.29 is 23.5 Å². The molecule has 156 valence electrons. The zero-order valence-electron chi connectivity index (χ0n) is 16.5. The number of hydrogen-bond donors (Lipinski definition) is 0. The fourth-order valence-electron chi connectivity index (χ4n) is 2.78. The molecule has 0 bridgehead atoms. The van der Waals surface area contributed by atoms with E-state index in [1.165, 1.54) is 30.3 Å². The first kappa shape index (κ1) is 21.5. The van der Waals surface area contributed by atoms with Crippen molar-refractivity contribution in [2.24, 2.45) is 0 Å². The third-order valence-electron chi connectivity index (χ3n) is 4.29. The maximum absolute atomic E-state index is 14.1. The molecule has 31 heavy (non-hydrogen) atoms. The maximum Gasteiger partial charge on any atom is 0.338 e. The van der Waals surface area contributed by atoms with Crippen molar-refractivity contribution in [3.8, 4) is 17.6 Å². The number of amides is 1. The average molecular weight is 418 g/mol. The van der Waals surface area contributed by atoms with Gasteiger partial charge in [0.2, 0.25) is 0 Å². The van der Waals surface area contributed by atoms with E-state index in [1.54, 1.807) is 30.3 Å². The van der Waals surface area contributed by atoms with Crippen LogP contribution in [0.3, 0.4) is 0 Å². The smallest absolute Gasteiger partial charge is 0.338 e. The zero-order chi connectivity index (χ0) is 22.1. The number of anilines is 1. The van der Waals surface area contributed by atoms with Crippen molar-refractivity contribution in [1.29, 1.82) is 5.26 Å². The number of rotatable bonds is 8. The molecule has 0 aliphatic heterocycles. The van der Waals surface area contributed by atoms with Crippen molar-refractivity contribution in [3.63, 3.8) is 0 Å². The number of halogens is 1. The molecule has 0 N–H and O–H groups in total. The number of para-hydroxylation sites is 2. The quantitative estimate of drug-likeness (QED) is 0.495. The van der Waals surface area contributed by atoms with Crippen LogP contribution in [0.25, 0.3) is 0 Å². The van der Waals surface area contributed by atoms with Gasteiger partial charge in [0.05, 0.1) is 23.7 Å². The Morgan fingerprint density at radius 3 is 2.23 bits per heavy atom. The number of esters is 1. The minimum absolute atomic E-state index is 0.0108. The number of carbonyl (C=O) groups excluding carboxylic acids is 2. The molecule has 3 aromatic carbocycles. The summed E-state index contributed by atoms with van der Waals surface area (Å²) in [5, 5.41) is 8.82. The van der Waals surface area contributed by atoms with E-state index in [1.807, 2.05) is 24.3 Å². The summed E-state index contributed by atoms with van der Waals surface area (Å²) in [5.74, 6) is -0.727. The summed E-state index contributed by atoms with van der Waals surface area (Å²) in [4.78, 5) is 25.9. The Kier molecular flexibility index (Phi) is 7.33. The van der Waals surface area contributed by atoms with E-state index in [0.29, 0.717) is 11.5 Å². The van der Waals surface area contributed by atoms with E-state index >= 15 is 0 Å². The van der Waals surface area contributed by atoms with Crippen molar-refractivity contribution in [2.45, 2.75) is 6.42 Å². The lowest BCUT2D eigenvalue weighted by molar-refractivity contribution is -0.121. The van der Waals surface area contributed by atoms with Crippen LogP contribution in [-0.2, 0) is 9.53 Å². The first-order valence-electron chi connectivity index (χ1n) is 9.50. The van der Waals surface area contributed by atoms with Gasteiger partial charge in [-0.25, -0.2) is 9.18 Å². The number of carbonyl (C=O) groups is 2. The van der Waals surface area contributed by atoms with Gasteiger partial charge in [-0.1, -0.05) is 30.3 Å². The number of nitriles is 1. The van der Waals surface area contributed by atoms with Crippen molar-refractivity contribution in [2.75, 3.05) is 18.1 Å². The van der Waals surface area contributed by atoms with Gasteiger partial charge in [0.1, 0.15) is 17.3 Å². The van der Waals surface area contributed by atoms with Crippen molar-refractivity contribution in [1.82, 2.24) is 0 Å². The summed E-state index contributed by atoms with van der Waals surface area (Å²) >= 11 is 0. The topological polar surface area (TPSA) is 79.6 Å². The summed E-state index contributed by atoms with van der Waals surface area (Å²) in [6.07, 6.45) is 0.0108. The second-order valence-corrected chi connectivity index (χ2v) is 6.42. The van der Waals surface area contributed by atoms with Gasteiger partial charge < -0.3 is 14.4 Å². The fourth-order valence-corrected chi connectivity index (χ4v) is 2.78. The molecule has 0 atom stereocenters. The van der Waals surface area contributed by atoms with Gasteiger partial charge >= 0.3 is 5.97 Å². The molecule has 3 rings (SSSR count). The Morgan fingerprint density at radius 2 is 1.55 bits per heavy atom. The highest BCUT2D eigenvalue weighted by Gasteiger charge is 2.20. The van der Waals surface area contributed by atoms with Gasteiger partial charge in [-0.15, -0.1) is 0 Å². The van der Waals surface area contributed by atoms with Gasteiger partial charge in [-0.3, -0.25) is 4.79 Å². The monoisotopic (exact) mass is 418 g/mol. The Morgan fingerprint density at radius 1 is 0.903 bits per heavy atom. The van der Waals surface area contributed by atoms with Crippen LogP contribution < -0.4 is 9.64 Å². The molecule has 6 nitrogen and oxygen atoms in total. The molecule has 0 aromatic heterocycles. The predicted octanol–water partition coefficient (Wildman–Crippen LogP) is 4.72. The third-order valence-corrected chi connectivity index (χ3v) is 4.29. The molecule has 0 radical (unpaired) electrons. The van der Waals surface area contributed by atoms with Crippen LogP contribution in [0.4, 0.5) is 10.1 Å². The largest absolute Gasteiger partial charge is 0.457 e. The molecule has 0 saturated carbocycles. The Balaban J connectivity index is 1.61. The van der Waals surface area contributed by atoms with Crippen LogP contribution in [-0.4, -0.2) is 25.0 Å². The van der Waals surface area contributed by atoms with Gasteiger partial charge in [-0.05, 0) is 48.5 Å². The van der Waals surface area contributed by atoms with Crippen molar-refractivity contribution in [3.05, 3.63) is 90.2 Å². The lowest BCUT2D eigenvalue weighted by atomic mass is 10.2. The minimum Gasteiger partial charge on any atom is -0.457 e. The van der Waals surface area contributed by atoms with Crippen LogP contribution in [0.1, 0.15) is 16.8 Å². The van der Waals surface area contributed by atoms with Gasteiger partial charge in [0.15, 0.2) is 6.61 Å². The van der Waals surface area contributed by atoms with Gasteiger partial charge in [0, 0.05) is 6.54 Å². The summed E-state index contributed by atoms with van der Waals surface area (Å²) < 4.78 is 24.8. The van der Waals surface area contributed by atoms with Gasteiger partial charge in [0.25, 0.3) is 5.91 Å². The zero-order valence-corrected chi connectivity index (χ0v) is 16.5. The second-order valence-electron chi connectivity index (χ2n) is 6.42. The first-order valence-corrected chi connectivity index (χ1v) is 9.50. The van der Waals surface area contributed by atoms with Crippen LogP contribution in [0, 0.1) is 17.1 Å².